The third-order valence-electron chi connectivity index (χ3n) is 1.45. The topological polar surface area (TPSA) is 38.9 Å². The summed E-state index contributed by atoms with van der Waals surface area (Å²) < 4.78 is 25.7. The van der Waals surface area contributed by atoms with Gasteiger partial charge in [0.2, 0.25) is 0 Å². The summed E-state index contributed by atoms with van der Waals surface area (Å²) in [7, 11) is 0. The van der Waals surface area contributed by atoms with Crippen LogP contribution in [-0.2, 0) is 0 Å². The lowest BCUT2D eigenvalue weighted by molar-refractivity contribution is 0.566. The van der Waals surface area contributed by atoms with Gasteiger partial charge in [0.05, 0.1) is 18.0 Å². The Balaban J connectivity index is 3.21. The van der Waals surface area contributed by atoms with Gasteiger partial charge < -0.3 is 5.73 Å². The van der Waals surface area contributed by atoms with Crippen molar-refractivity contribution in [2.75, 3.05) is 6.54 Å². The molecule has 0 spiro atoms. The summed E-state index contributed by atoms with van der Waals surface area (Å²) in [6, 6.07) is 0. The Morgan fingerprint density at radius 2 is 1.92 bits per heavy atom. The van der Waals surface area contributed by atoms with Gasteiger partial charge in [0.15, 0.2) is 11.6 Å². The maximum atomic E-state index is 12.9. The van der Waals surface area contributed by atoms with Gasteiger partial charge in [-0.15, -0.1) is 0 Å². The van der Waals surface area contributed by atoms with E-state index in [0.29, 0.717) is 0 Å². The Morgan fingerprint density at radius 3 is 2.33 bits per heavy atom. The molecular formula is C8H8F2N2. The molecule has 0 aromatic carbocycles. The van der Waals surface area contributed by atoms with Crippen molar-refractivity contribution in [1.29, 1.82) is 0 Å². The molecule has 0 bridgehead atoms. The second-order valence-electron chi connectivity index (χ2n) is 2.29. The van der Waals surface area contributed by atoms with Gasteiger partial charge in [-0.2, -0.15) is 0 Å². The SMILES string of the molecule is C=C(CN)c1c(F)cncc1F. The van der Waals surface area contributed by atoms with E-state index >= 15 is 0 Å². The molecular weight excluding hydrogens is 162 g/mol. The van der Waals surface area contributed by atoms with Gasteiger partial charge in [-0.05, 0) is 5.57 Å². The van der Waals surface area contributed by atoms with E-state index in [4.69, 9.17) is 5.73 Å². The van der Waals surface area contributed by atoms with Crippen LogP contribution >= 0.6 is 0 Å². The lowest BCUT2D eigenvalue weighted by atomic mass is 10.1. The fourth-order valence-corrected chi connectivity index (χ4v) is 0.851. The second kappa shape index (κ2) is 3.40. The van der Waals surface area contributed by atoms with Crippen molar-refractivity contribution >= 4 is 5.57 Å². The second-order valence-corrected chi connectivity index (χ2v) is 2.29. The minimum absolute atomic E-state index is 0.0256. The van der Waals surface area contributed by atoms with Crippen molar-refractivity contribution in [3.63, 3.8) is 0 Å². The number of aromatic nitrogens is 1. The van der Waals surface area contributed by atoms with Crippen LogP contribution in [0.5, 0.6) is 0 Å². The van der Waals surface area contributed by atoms with Crippen LogP contribution in [0.15, 0.2) is 19.0 Å². The van der Waals surface area contributed by atoms with Crippen LogP contribution in [0.4, 0.5) is 8.78 Å². The average Bonchev–Trinajstić information content (AvgIpc) is 2.03. The van der Waals surface area contributed by atoms with Gasteiger partial charge >= 0.3 is 0 Å². The standard InChI is InChI=1S/C8H8F2N2/c1-5(2-11)8-6(9)3-12-4-7(8)10/h3-4H,1-2,11H2. The highest BCUT2D eigenvalue weighted by Gasteiger charge is 2.10. The maximum absolute atomic E-state index is 12.9. The quantitative estimate of drug-likeness (QED) is 0.727. The molecule has 2 nitrogen and oxygen atoms in total. The lowest BCUT2D eigenvalue weighted by Gasteiger charge is -2.04. The zero-order chi connectivity index (χ0) is 9.14. The fraction of sp³-hybridized carbons (Fsp3) is 0.125. The smallest absolute Gasteiger partial charge is 0.151 e. The molecule has 1 heterocycles. The van der Waals surface area contributed by atoms with Crippen molar-refractivity contribution in [3.05, 3.63) is 36.2 Å². The van der Waals surface area contributed by atoms with E-state index in [9.17, 15) is 8.78 Å². The molecule has 12 heavy (non-hydrogen) atoms. The molecule has 1 aromatic rings. The number of halogens is 2. The predicted molar refractivity (Wildman–Crippen MR) is 42.2 cm³/mol. The Labute approximate surface area is 68.7 Å². The van der Waals surface area contributed by atoms with Crippen molar-refractivity contribution in [2.24, 2.45) is 5.73 Å². The van der Waals surface area contributed by atoms with E-state index in [1.807, 2.05) is 0 Å². The first-order valence-electron chi connectivity index (χ1n) is 3.34. The van der Waals surface area contributed by atoms with Gasteiger partial charge in [-0.3, -0.25) is 4.98 Å². The third-order valence-corrected chi connectivity index (χ3v) is 1.45. The Hall–Kier alpha value is -1.29. The number of nitrogens with zero attached hydrogens (tertiary/aromatic N) is 1. The van der Waals surface area contributed by atoms with E-state index in [1.165, 1.54) is 0 Å². The summed E-state index contributed by atoms with van der Waals surface area (Å²) >= 11 is 0. The minimum atomic E-state index is -0.731. The Bertz CT molecular complexity index is 290. The highest BCUT2D eigenvalue weighted by Crippen LogP contribution is 2.17. The largest absolute Gasteiger partial charge is 0.326 e. The first-order chi connectivity index (χ1) is 5.66. The summed E-state index contributed by atoms with van der Waals surface area (Å²) in [5, 5.41) is 0. The Morgan fingerprint density at radius 1 is 1.42 bits per heavy atom. The molecule has 0 fully saturated rings. The van der Waals surface area contributed by atoms with Gasteiger partial charge in [0.1, 0.15) is 0 Å². The molecule has 4 heteroatoms. The summed E-state index contributed by atoms with van der Waals surface area (Å²) in [5.41, 5.74) is 5.24. The lowest BCUT2D eigenvalue weighted by Crippen LogP contribution is -2.05. The Kier molecular flexibility index (Phi) is 2.50. The molecule has 0 atom stereocenters. The van der Waals surface area contributed by atoms with E-state index in [-0.39, 0.29) is 17.7 Å². The highest BCUT2D eigenvalue weighted by atomic mass is 19.1. The number of hydrogen-bond acceptors (Lipinski definition) is 2. The molecule has 0 saturated heterocycles. The molecule has 2 N–H and O–H groups in total. The summed E-state index contributed by atoms with van der Waals surface area (Å²) in [4.78, 5) is 3.33. The maximum Gasteiger partial charge on any atom is 0.151 e. The molecule has 0 unspecified atom stereocenters. The minimum Gasteiger partial charge on any atom is -0.326 e. The van der Waals surface area contributed by atoms with Crippen LogP contribution in [0.25, 0.3) is 5.57 Å². The van der Waals surface area contributed by atoms with E-state index < -0.39 is 11.6 Å². The van der Waals surface area contributed by atoms with Crippen LogP contribution in [0.2, 0.25) is 0 Å². The molecule has 1 rings (SSSR count). The summed E-state index contributed by atoms with van der Waals surface area (Å²) in [6.07, 6.45) is 1.86. The molecule has 64 valence electrons. The monoisotopic (exact) mass is 170 g/mol. The van der Waals surface area contributed by atoms with Gasteiger partial charge in [0, 0.05) is 6.54 Å². The van der Waals surface area contributed by atoms with Crippen LogP contribution < -0.4 is 5.73 Å². The molecule has 0 saturated carbocycles. The first kappa shape index (κ1) is 8.80. The summed E-state index contributed by atoms with van der Waals surface area (Å²) in [6.45, 7) is 3.46. The van der Waals surface area contributed by atoms with Crippen LogP contribution in [-0.4, -0.2) is 11.5 Å². The molecule has 0 aliphatic rings. The van der Waals surface area contributed by atoms with E-state index in [2.05, 4.69) is 11.6 Å². The first-order valence-corrected chi connectivity index (χ1v) is 3.34. The fourth-order valence-electron chi connectivity index (χ4n) is 0.851. The van der Waals surface area contributed by atoms with Gasteiger partial charge in [-0.25, -0.2) is 8.78 Å². The van der Waals surface area contributed by atoms with Crippen molar-refractivity contribution < 1.29 is 8.78 Å². The van der Waals surface area contributed by atoms with Crippen molar-refractivity contribution in [1.82, 2.24) is 4.98 Å². The molecule has 0 amide bonds. The number of nitrogens with two attached hydrogens (primary N) is 1. The zero-order valence-electron chi connectivity index (χ0n) is 6.35. The number of hydrogen-bond donors (Lipinski definition) is 1. The highest BCUT2D eigenvalue weighted by molar-refractivity contribution is 5.64. The van der Waals surface area contributed by atoms with Crippen LogP contribution in [0, 0.1) is 11.6 Å². The van der Waals surface area contributed by atoms with Crippen molar-refractivity contribution in [3.8, 4) is 0 Å². The molecule has 0 radical (unpaired) electrons. The number of pyridine rings is 1. The summed E-state index contributed by atoms with van der Waals surface area (Å²) in [5.74, 6) is -1.46. The zero-order valence-corrected chi connectivity index (χ0v) is 6.35. The third kappa shape index (κ3) is 1.48. The predicted octanol–water partition coefficient (Wildman–Crippen LogP) is 1.33. The van der Waals surface area contributed by atoms with E-state index in [0.717, 1.165) is 12.4 Å². The molecule has 1 aromatic heterocycles. The van der Waals surface area contributed by atoms with Crippen LogP contribution in [0.1, 0.15) is 5.56 Å². The van der Waals surface area contributed by atoms with Crippen molar-refractivity contribution in [2.45, 2.75) is 0 Å². The molecule has 0 aliphatic heterocycles. The average molecular weight is 170 g/mol. The van der Waals surface area contributed by atoms with Crippen LogP contribution in [0.3, 0.4) is 0 Å². The number of rotatable bonds is 2. The van der Waals surface area contributed by atoms with E-state index in [1.54, 1.807) is 0 Å². The van der Waals surface area contributed by atoms with Gasteiger partial charge in [0.25, 0.3) is 0 Å². The van der Waals surface area contributed by atoms with Gasteiger partial charge in [-0.1, -0.05) is 6.58 Å². The molecule has 0 aliphatic carbocycles. The normalized spacial score (nSPS) is 9.92.